The first-order valence-electron chi connectivity index (χ1n) is 5.81. The second-order valence-corrected chi connectivity index (χ2v) is 4.51. The summed E-state index contributed by atoms with van der Waals surface area (Å²) in [6.07, 6.45) is 5.74. The lowest BCUT2D eigenvalue weighted by Gasteiger charge is -2.34. The Morgan fingerprint density at radius 1 is 1.50 bits per heavy atom. The van der Waals surface area contributed by atoms with Crippen molar-refractivity contribution >= 4 is 0 Å². The number of rotatable bonds is 6. The van der Waals surface area contributed by atoms with Crippen LogP contribution < -0.4 is 11.1 Å². The molecule has 0 heterocycles. The van der Waals surface area contributed by atoms with Gasteiger partial charge in [0.05, 0.1) is 0 Å². The molecule has 14 heavy (non-hydrogen) atoms. The lowest BCUT2D eigenvalue weighted by atomic mass is 9.88. The van der Waals surface area contributed by atoms with Crippen LogP contribution >= 0.6 is 0 Å². The molecular formula is C11H24N2O. The molecule has 0 aromatic rings. The Balaban J connectivity index is 2.30. The molecule has 84 valence electrons. The first-order chi connectivity index (χ1) is 6.75. The van der Waals surface area contributed by atoms with Crippen molar-refractivity contribution in [3.05, 3.63) is 0 Å². The lowest BCUT2D eigenvalue weighted by molar-refractivity contribution is 0.251. The second kappa shape index (κ2) is 5.69. The molecule has 0 aromatic heterocycles. The summed E-state index contributed by atoms with van der Waals surface area (Å²) in [4.78, 5) is 0. The van der Waals surface area contributed by atoms with E-state index >= 15 is 0 Å². The van der Waals surface area contributed by atoms with Crippen molar-refractivity contribution in [3.8, 4) is 0 Å². The van der Waals surface area contributed by atoms with Crippen molar-refractivity contribution in [3.63, 3.8) is 0 Å². The highest BCUT2D eigenvalue weighted by Crippen LogP contribution is 2.34. The molecule has 3 nitrogen and oxygen atoms in total. The van der Waals surface area contributed by atoms with E-state index in [2.05, 4.69) is 12.2 Å². The van der Waals surface area contributed by atoms with Crippen LogP contribution in [0.5, 0.6) is 0 Å². The van der Waals surface area contributed by atoms with Gasteiger partial charge < -0.3 is 16.2 Å². The maximum absolute atomic E-state index is 8.68. The molecule has 1 saturated carbocycles. The standard InChI is InChI=1S/C11H24N2O/c1-10-5-4-6-11(10,9-12)13-7-2-3-8-14/h10,13-14H,2-9,12H2,1H3. The number of hydrogen-bond donors (Lipinski definition) is 3. The molecule has 1 rings (SSSR count). The number of hydrogen-bond acceptors (Lipinski definition) is 3. The average Bonchev–Trinajstić information content (AvgIpc) is 2.56. The van der Waals surface area contributed by atoms with Crippen LogP contribution in [0, 0.1) is 5.92 Å². The Labute approximate surface area is 87.1 Å². The quantitative estimate of drug-likeness (QED) is 0.558. The molecule has 0 amide bonds. The summed E-state index contributed by atoms with van der Waals surface area (Å²) in [5.74, 6) is 0.696. The topological polar surface area (TPSA) is 58.3 Å². The SMILES string of the molecule is CC1CCCC1(CN)NCCCCO. The highest BCUT2D eigenvalue weighted by Gasteiger charge is 2.38. The molecule has 0 radical (unpaired) electrons. The predicted octanol–water partition coefficient (Wildman–Crippen LogP) is 0.866. The maximum Gasteiger partial charge on any atom is 0.0431 e. The third-order valence-electron chi connectivity index (χ3n) is 3.63. The Morgan fingerprint density at radius 3 is 2.79 bits per heavy atom. The second-order valence-electron chi connectivity index (χ2n) is 4.51. The van der Waals surface area contributed by atoms with Crippen LogP contribution in [0.15, 0.2) is 0 Å². The Morgan fingerprint density at radius 2 is 2.29 bits per heavy atom. The van der Waals surface area contributed by atoms with Gasteiger partial charge >= 0.3 is 0 Å². The largest absolute Gasteiger partial charge is 0.396 e. The normalized spacial score (nSPS) is 32.4. The van der Waals surface area contributed by atoms with E-state index in [-0.39, 0.29) is 5.54 Å². The molecule has 2 unspecified atom stereocenters. The zero-order valence-electron chi connectivity index (χ0n) is 9.26. The van der Waals surface area contributed by atoms with Gasteiger partial charge in [-0.25, -0.2) is 0 Å². The number of aliphatic hydroxyl groups excluding tert-OH is 1. The maximum atomic E-state index is 8.68. The van der Waals surface area contributed by atoms with Gasteiger partial charge in [0.1, 0.15) is 0 Å². The Bertz CT molecular complexity index is 163. The zero-order valence-corrected chi connectivity index (χ0v) is 9.26. The lowest BCUT2D eigenvalue weighted by Crippen LogP contribution is -2.53. The van der Waals surface area contributed by atoms with E-state index in [1.165, 1.54) is 19.3 Å². The molecule has 1 fully saturated rings. The molecule has 1 aliphatic carbocycles. The van der Waals surface area contributed by atoms with Gasteiger partial charge in [0.25, 0.3) is 0 Å². The molecule has 3 heteroatoms. The highest BCUT2D eigenvalue weighted by atomic mass is 16.2. The van der Waals surface area contributed by atoms with Crippen LogP contribution in [0.4, 0.5) is 0 Å². The van der Waals surface area contributed by atoms with Gasteiger partial charge in [-0.15, -0.1) is 0 Å². The van der Waals surface area contributed by atoms with E-state index in [1.54, 1.807) is 0 Å². The summed E-state index contributed by atoms with van der Waals surface area (Å²) in [6.45, 7) is 4.32. The Kier molecular flexibility index (Phi) is 4.85. The van der Waals surface area contributed by atoms with Crippen LogP contribution in [0.25, 0.3) is 0 Å². The number of nitrogens with two attached hydrogens (primary N) is 1. The fourth-order valence-electron chi connectivity index (χ4n) is 2.46. The van der Waals surface area contributed by atoms with E-state index < -0.39 is 0 Å². The zero-order chi connectivity index (χ0) is 10.4. The van der Waals surface area contributed by atoms with E-state index in [0.29, 0.717) is 12.5 Å². The van der Waals surface area contributed by atoms with Crippen LogP contribution in [-0.2, 0) is 0 Å². The average molecular weight is 200 g/mol. The van der Waals surface area contributed by atoms with Crippen LogP contribution in [0.3, 0.4) is 0 Å². The fourth-order valence-corrected chi connectivity index (χ4v) is 2.46. The summed E-state index contributed by atoms with van der Waals surface area (Å²) in [5, 5.41) is 12.3. The van der Waals surface area contributed by atoms with Crippen molar-refractivity contribution in [2.24, 2.45) is 11.7 Å². The molecule has 2 atom stereocenters. The summed E-state index contributed by atoms with van der Waals surface area (Å²) >= 11 is 0. The van der Waals surface area contributed by atoms with E-state index in [4.69, 9.17) is 10.8 Å². The van der Waals surface area contributed by atoms with Crippen molar-refractivity contribution in [2.75, 3.05) is 19.7 Å². The molecule has 0 aromatic carbocycles. The fraction of sp³-hybridized carbons (Fsp3) is 1.00. The first kappa shape index (κ1) is 12.0. The number of unbranched alkanes of at least 4 members (excludes halogenated alkanes) is 1. The molecule has 0 spiro atoms. The minimum Gasteiger partial charge on any atom is -0.396 e. The van der Waals surface area contributed by atoms with E-state index in [0.717, 1.165) is 25.9 Å². The molecule has 1 aliphatic rings. The summed E-state index contributed by atoms with van der Waals surface area (Å²) in [6, 6.07) is 0. The van der Waals surface area contributed by atoms with Gasteiger partial charge in [-0.1, -0.05) is 13.3 Å². The number of nitrogens with one attached hydrogen (secondary N) is 1. The Hall–Kier alpha value is -0.120. The van der Waals surface area contributed by atoms with Crippen molar-refractivity contribution in [2.45, 2.75) is 44.6 Å². The minimum atomic E-state index is 0.190. The van der Waals surface area contributed by atoms with Crippen molar-refractivity contribution < 1.29 is 5.11 Å². The summed E-state index contributed by atoms with van der Waals surface area (Å²) in [7, 11) is 0. The van der Waals surface area contributed by atoms with Gasteiger partial charge in [0, 0.05) is 18.7 Å². The monoisotopic (exact) mass is 200 g/mol. The molecule has 0 saturated heterocycles. The molecule has 0 bridgehead atoms. The van der Waals surface area contributed by atoms with Gasteiger partial charge in [-0.2, -0.15) is 0 Å². The van der Waals surface area contributed by atoms with Crippen molar-refractivity contribution in [1.82, 2.24) is 5.32 Å². The predicted molar refractivity (Wildman–Crippen MR) is 59.1 cm³/mol. The van der Waals surface area contributed by atoms with Gasteiger partial charge in [0.2, 0.25) is 0 Å². The summed E-state index contributed by atoms with van der Waals surface area (Å²) in [5.41, 5.74) is 6.05. The minimum absolute atomic E-state index is 0.190. The molecular weight excluding hydrogens is 176 g/mol. The van der Waals surface area contributed by atoms with Gasteiger partial charge in [-0.3, -0.25) is 0 Å². The third kappa shape index (κ3) is 2.69. The smallest absolute Gasteiger partial charge is 0.0431 e. The van der Waals surface area contributed by atoms with Gasteiger partial charge in [0.15, 0.2) is 0 Å². The molecule has 0 aliphatic heterocycles. The molecule has 4 N–H and O–H groups in total. The van der Waals surface area contributed by atoms with Gasteiger partial charge in [-0.05, 0) is 38.1 Å². The van der Waals surface area contributed by atoms with Crippen LogP contribution in [0.1, 0.15) is 39.0 Å². The van der Waals surface area contributed by atoms with Crippen LogP contribution in [0.2, 0.25) is 0 Å². The summed E-state index contributed by atoms with van der Waals surface area (Å²) < 4.78 is 0. The highest BCUT2D eigenvalue weighted by molar-refractivity contribution is 4.98. The van der Waals surface area contributed by atoms with Crippen molar-refractivity contribution in [1.29, 1.82) is 0 Å². The third-order valence-corrected chi connectivity index (χ3v) is 3.63. The van der Waals surface area contributed by atoms with E-state index in [9.17, 15) is 0 Å². The van der Waals surface area contributed by atoms with E-state index in [1.807, 2.05) is 0 Å². The number of aliphatic hydroxyl groups is 1. The first-order valence-corrected chi connectivity index (χ1v) is 5.81. The van der Waals surface area contributed by atoms with Crippen LogP contribution in [-0.4, -0.2) is 30.3 Å².